The predicted octanol–water partition coefficient (Wildman–Crippen LogP) is 1.94. The number of ether oxygens (including phenoxy) is 1. The van der Waals surface area contributed by atoms with Gasteiger partial charge in [-0.2, -0.15) is 0 Å². The molecule has 3 nitrogen and oxygen atoms in total. The Morgan fingerprint density at radius 1 is 1.57 bits per heavy atom. The average Bonchev–Trinajstić information content (AvgIpc) is 2.33. The molecule has 1 unspecified atom stereocenters. The number of Topliss-reactive ketones (excluding diaryl/α,β-unsaturated/α-hetero) is 1. The minimum Gasteiger partial charge on any atom is -0.466 e. The summed E-state index contributed by atoms with van der Waals surface area (Å²) >= 11 is 0. The number of hydrogen-bond acceptors (Lipinski definition) is 3. The lowest BCUT2D eigenvalue weighted by molar-refractivity contribution is -0.146. The largest absolute Gasteiger partial charge is 0.466 e. The molecule has 14 heavy (non-hydrogen) atoms. The molecular weight excluding hydrogens is 180 g/mol. The van der Waals surface area contributed by atoms with Crippen LogP contribution in [0.15, 0.2) is 0 Å². The summed E-state index contributed by atoms with van der Waals surface area (Å²) in [5.74, 6) is -0.141. The molecular formula is C11H18O3. The maximum absolute atomic E-state index is 11.8. The van der Waals surface area contributed by atoms with E-state index in [0.717, 1.165) is 12.8 Å². The molecule has 0 N–H and O–H groups in total. The van der Waals surface area contributed by atoms with Gasteiger partial charge in [0.1, 0.15) is 5.78 Å². The van der Waals surface area contributed by atoms with Crippen LogP contribution in [0.2, 0.25) is 0 Å². The molecule has 0 aliphatic heterocycles. The Hall–Kier alpha value is -0.860. The van der Waals surface area contributed by atoms with Crippen LogP contribution >= 0.6 is 0 Å². The second-order valence-corrected chi connectivity index (χ2v) is 4.49. The van der Waals surface area contributed by atoms with Crippen LogP contribution in [-0.4, -0.2) is 18.4 Å². The fraction of sp³-hybridized carbons (Fsp3) is 0.818. The van der Waals surface area contributed by atoms with Gasteiger partial charge in [-0.25, -0.2) is 0 Å². The number of esters is 1. The van der Waals surface area contributed by atoms with Crippen molar-refractivity contribution in [2.45, 2.75) is 40.0 Å². The summed E-state index contributed by atoms with van der Waals surface area (Å²) in [7, 11) is 0. The van der Waals surface area contributed by atoms with Gasteiger partial charge in [0.2, 0.25) is 0 Å². The highest BCUT2D eigenvalue weighted by atomic mass is 16.5. The Morgan fingerprint density at radius 3 is 2.64 bits per heavy atom. The third kappa shape index (κ3) is 2.34. The summed E-state index contributed by atoms with van der Waals surface area (Å²) in [4.78, 5) is 22.9. The van der Waals surface area contributed by atoms with Crippen molar-refractivity contribution in [3.8, 4) is 0 Å². The van der Waals surface area contributed by atoms with E-state index in [1.165, 1.54) is 0 Å². The SMILES string of the molecule is CCOC(=O)CC1CCC(C)(C)C1=O. The van der Waals surface area contributed by atoms with Gasteiger partial charge in [-0.15, -0.1) is 0 Å². The van der Waals surface area contributed by atoms with Gasteiger partial charge in [-0.05, 0) is 19.8 Å². The van der Waals surface area contributed by atoms with Crippen molar-refractivity contribution in [2.75, 3.05) is 6.61 Å². The summed E-state index contributed by atoms with van der Waals surface area (Å²) in [5.41, 5.74) is -0.239. The van der Waals surface area contributed by atoms with Crippen LogP contribution in [0.4, 0.5) is 0 Å². The molecule has 0 bridgehead atoms. The third-order valence-corrected chi connectivity index (χ3v) is 2.87. The molecule has 0 spiro atoms. The van der Waals surface area contributed by atoms with Crippen LogP contribution < -0.4 is 0 Å². The van der Waals surface area contributed by atoms with Crippen LogP contribution in [0.1, 0.15) is 40.0 Å². The molecule has 1 aliphatic carbocycles. The van der Waals surface area contributed by atoms with E-state index < -0.39 is 0 Å². The Balaban J connectivity index is 2.49. The Kier molecular flexibility index (Phi) is 3.29. The molecule has 0 saturated heterocycles. The number of carbonyl (C=O) groups excluding carboxylic acids is 2. The van der Waals surface area contributed by atoms with Crippen molar-refractivity contribution in [3.05, 3.63) is 0 Å². The highest BCUT2D eigenvalue weighted by molar-refractivity contribution is 5.91. The Bertz CT molecular complexity index is 243. The monoisotopic (exact) mass is 198 g/mol. The minimum atomic E-state index is -0.247. The first-order valence-electron chi connectivity index (χ1n) is 5.17. The van der Waals surface area contributed by atoms with Gasteiger partial charge < -0.3 is 4.74 Å². The second-order valence-electron chi connectivity index (χ2n) is 4.49. The normalized spacial score (nSPS) is 25.1. The number of carbonyl (C=O) groups is 2. The maximum Gasteiger partial charge on any atom is 0.306 e. The van der Waals surface area contributed by atoms with Crippen LogP contribution in [0.25, 0.3) is 0 Å². The second kappa shape index (κ2) is 4.11. The lowest BCUT2D eigenvalue weighted by Crippen LogP contribution is -2.23. The van der Waals surface area contributed by atoms with Gasteiger partial charge in [-0.1, -0.05) is 13.8 Å². The molecule has 1 saturated carbocycles. The highest BCUT2D eigenvalue weighted by Crippen LogP contribution is 2.38. The summed E-state index contributed by atoms with van der Waals surface area (Å²) in [5, 5.41) is 0. The predicted molar refractivity (Wildman–Crippen MR) is 52.8 cm³/mol. The van der Waals surface area contributed by atoms with Crippen molar-refractivity contribution < 1.29 is 14.3 Å². The van der Waals surface area contributed by atoms with Crippen molar-refractivity contribution in [1.29, 1.82) is 0 Å². The average molecular weight is 198 g/mol. The van der Waals surface area contributed by atoms with E-state index in [1.54, 1.807) is 6.92 Å². The van der Waals surface area contributed by atoms with Crippen LogP contribution in [0.5, 0.6) is 0 Å². The highest BCUT2D eigenvalue weighted by Gasteiger charge is 2.41. The summed E-state index contributed by atoms with van der Waals surface area (Å²) in [6, 6.07) is 0. The molecule has 0 aromatic carbocycles. The molecule has 1 atom stereocenters. The van der Waals surface area contributed by atoms with E-state index >= 15 is 0 Å². The lowest BCUT2D eigenvalue weighted by Gasteiger charge is -2.15. The van der Waals surface area contributed by atoms with E-state index in [1.807, 2.05) is 13.8 Å². The van der Waals surface area contributed by atoms with E-state index in [-0.39, 0.29) is 29.5 Å². The zero-order valence-corrected chi connectivity index (χ0v) is 9.13. The summed E-state index contributed by atoms with van der Waals surface area (Å²) < 4.78 is 4.83. The van der Waals surface area contributed by atoms with Gasteiger partial charge in [0.25, 0.3) is 0 Å². The number of rotatable bonds is 3. The zero-order valence-electron chi connectivity index (χ0n) is 9.13. The first-order valence-corrected chi connectivity index (χ1v) is 5.17. The van der Waals surface area contributed by atoms with Gasteiger partial charge in [0, 0.05) is 11.3 Å². The maximum atomic E-state index is 11.8. The molecule has 0 heterocycles. The molecule has 1 rings (SSSR count). The minimum absolute atomic E-state index is 0.107. The standard InChI is InChI=1S/C11H18O3/c1-4-14-9(12)7-8-5-6-11(2,3)10(8)13/h8H,4-7H2,1-3H3. The quantitative estimate of drug-likeness (QED) is 0.651. The molecule has 0 amide bonds. The van der Waals surface area contributed by atoms with Gasteiger partial charge >= 0.3 is 5.97 Å². The van der Waals surface area contributed by atoms with Crippen molar-refractivity contribution in [2.24, 2.45) is 11.3 Å². The van der Waals surface area contributed by atoms with Crippen molar-refractivity contribution >= 4 is 11.8 Å². The van der Waals surface area contributed by atoms with E-state index in [0.29, 0.717) is 6.61 Å². The fourth-order valence-corrected chi connectivity index (χ4v) is 1.96. The molecule has 1 fully saturated rings. The van der Waals surface area contributed by atoms with E-state index in [9.17, 15) is 9.59 Å². The van der Waals surface area contributed by atoms with Crippen molar-refractivity contribution in [1.82, 2.24) is 0 Å². The van der Waals surface area contributed by atoms with Crippen LogP contribution in [-0.2, 0) is 14.3 Å². The smallest absolute Gasteiger partial charge is 0.306 e. The van der Waals surface area contributed by atoms with E-state index in [2.05, 4.69) is 0 Å². The van der Waals surface area contributed by atoms with Crippen LogP contribution in [0.3, 0.4) is 0 Å². The number of hydrogen-bond donors (Lipinski definition) is 0. The molecule has 0 aromatic rings. The lowest BCUT2D eigenvalue weighted by atomic mass is 9.88. The van der Waals surface area contributed by atoms with Gasteiger partial charge in [-0.3, -0.25) is 9.59 Å². The van der Waals surface area contributed by atoms with Crippen molar-refractivity contribution in [3.63, 3.8) is 0 Å². The fourth-order valence-electron chi connectivity index (χ4n) is 1.96. The number of ketones is 1. The summed E-state index contributed by atoms with van der Waals surface area (Å²) in [6.45, 7) is 6.06. The van der Waals surface area contributed by atoms with E-state index in [4.69, 9.17) is 4.74 Å². The first-order chi connectivity index (χ1) is 6.47. The zero-order chi connectivity index (χ0) is 10.8. The van der Waals surface area contributed by atoms with Gasteiger partial charge in [0.05, 0.1) is 13.0 Å². The topological polar surface area (TPSA) is 43.4 Å². The summed E-state index contributed by atoms with van der Waals surface area (Å²) in [6.07, 6.45) is 1.97. The first kappa shape index (κ1) is 11.2. The third-order valence-electron chi connectivity index (χ3n) is 2.87. The van der Waals surface area contributed by atoms with Crippen LogP contribution in [0, 0.1) is 11.3 Å². The molecule has 0 aromatic heterocycles. The molecule has 3 heteroatoms. The molecule has 0 radical (unpaired) electrons. The Labute approximate surface area is 84.8 Å². The molecule has 80 valence electrons. The van der Waals surface area contributed by atoms with Gasteiger partial charge in [0.15, 0.2) is 0 Å². The Morgan fingerprint density at radius 2 is 2.21 bits per heavy atom. The molecule has 1 aliphatic rings.